The number of carbonyl (C=O) groups excluding carboxylic acids is 9. The number of amides is 9. The number of aromatic nitrogens is 1. The van der Waals surface area contributed by atoms with Crippen molar-refractivity contribution in [3.05, 3.63) is 102 Å². The molecule has 9 amide bonds. The zero-order chi connectivity index (χ0) is 61.7. The monoisotopic (exact) mass is 1230 g/mol. The predicted molar refractivity (Wildman–Crippen MR) is 307 cm³/mol. The van der Waals surface area contributed by atoms with Gasteiger partial charge in [-0.1, -0.05) is 60.7 Å². The Morgan fingerprint density at radius 1 is 0.667 bits per heavy atom. The van der Waals surface area contributed by atoms with Gasteiger partial charge in [-0.15, -0.1) is 0 Å². The highest BCUT2D eigenvalue weighted by Gasteiger charge is 2.37. The average Bonchev–Trinajstić information content (AvgIpc) is 4.07. The smallest absolute Gasteiger partial charge is 0.446 e. The van der Waals surface area contributed by atoms with E-state index < -0.39 is 149 Å². The summed E-state index contributed by atoms with van der Waals surface area (Å²) in [6, 6.07) is 5.81. The van der Waals surface area contributed by atoms with Crippen molar-refractivity contribution in [3.8, 4) is 5.75 Å². The van der Waals surface area contributed by atoms with Crippen LogP contribution in [0.2, 0.25) is 0 Å². The Morgan fingerprint density at radius 3 is 1.90 bits per heavy atom. The van der Waals surface area contributed by atoms with E-state index in [1.165, 1.54) is 42.6 Å². The zero-order valence-corrected chi connectivity index (χ0v) is 48.2. The second-order valence-corrected chi connectivity index (χ2v) is 22.4. The number of aromatic amines is 1. The van der Waals surface area contributed by atoms with Crippen molar-refractivity contribution >= 4 is 110 Å². The Bertz CT molecular complexity index is 3130. The van der Waals surface area contributed by atoms with Crippen LogP contribution >= 0.6 is 23.5 Å². The molecule has 15 N–H and O–H groups in total. The summed E-state index contributed by atoms with van der Waals surface area (Å²) in [5, 5.41) is 42.6. The molecule has 0 bridgehead atoms. The largest absolute Gasteiger partial charge is 0.481 e. The van der Waals surface area contributed by atoms with Crippen LogP contribution in [0.25, 0.3) is 10.9 Å². The van der Waals surface area contributed by atoms with Crippen molar-refractivity contribution in [2.45, 2.75) is 106 Å². The number of carboxylic acid groups (broad SMARTS) is 2. The fraction of sp³-hybridized carbons (Fsp3) is 0.415. The SMILES string of the molecule is CSCC[C@H](NC(=O)[C@H](Cc1ccc(OS(=O)(=O)O)cc1)NC(=O)[C@@H](N)CC(=O)O)C(=O)NC1CNC(=O)[C@H](C)NC(=O)[C@H](Cc2ccccc2)NC(=O)[C@H](CC(=O)O)NC(=O)[C@H](CCSC)NC(=O)[C@H](Cc2c[nH]c3ccccc23)NC1=O. The van der Waals surface area contributed by atoms with Crippen LogP contribution in [0.4, 0.5) is 0 Å². The van der Waals surface area contributed by atoms with Crippen LogP contribution in [0.1, 0.15) is 49.3 Å². The molecule has 3 aromatic carbocycles. The second kappa shape index (κ2) is 32.0. The first-order valence-corrected chi connectivity index (χ1v) is 30.2. The Balaban J connectivity index is 1.55. The third-order valence-electron chi connectivity index (χ3n) is 12.9. The van der Waals surface area contributed by atoms with E-state index >= 15 is 0 Å². The minimum absolute atomic E-state index is 0.0728. The van der Waals surface area contributed by atoms with Crippen molar-refractivity contribution in [1.29, 1.82) is 0 Å². The standard InChI is InChI=1S/C53H67N11O17S3/c1-28-45(69)56-27-42(64-48(72)37(18-20-83-3)58-50(74)39(60-46(70)34(54)24-43(65)66)22-30-13-15-32(16-14-30)81-84(78,79)80)53(77)62-40(23-31-26-55-35-12-8-7-11-33(31)35)51(75)59-36(17-19-82-2)47(71)63-41(25-44(67)68)52(76)61-38(49(73)57-28)21-29-9-5-4-6-10-29/h4-16,26,28,34,36-42,55H,17-25,27,54H2,1-3H3,(H,56,69)(H,57,73)(H,58,74)(H,59,75)(H,60,70)(H,61,76)(H,62,77)(H,63,71)(H,64,72)(H,65,66)(H,67,68)(H,78,79,80)/t28-,34-,36-,37-,38-,39-,40-,41-,42?/m0/s1. The maximum atomic E-state index is 14.9. The summed E-state index contributed by atoms with van der Waals surface area (Å²) in [6.07, 6.45) is 2.18. The van der Waals surface area contributed by atoms with E-state index in [1.54, 1.807) is 73.3 Å². The van der Waals surface area contributed by atoms with Gasteiger partial charge in [-0.2, -0.15) is 31.9 Å². The topological polar surface area (TPSA) is 442 Å². The number of thioether (sulfide) groups is 2. The molecule has 9 atom stereocenters. The van der Waals surface area contributed by atoms with Gasteiger partial charge in [0.05, 0.1) is 18.9 Å². The molecule has 454 valence electrons. The number of para-hydroxylation sites is 1. The number of carbonyl (C=O) groups is 11. The molecule has 0 saturated carbocycles. The lowest BCUT2D eigenvalue weighted by Crippen LogP contribution is -2.62. The highest BCUT2D eigenvalue weighted by Crippen LogP contribution is 2.20. The molecule has 28 nitrogen and oxygen atoms in total. The third kappa shape index (κ3) is 21.2. The number of H-pyrrole nitrogens is 1. The van der Waals surface area contributed by atoms with E-state index in [0.717, 1.165) is 12.1 Å². The molecule has 1 fully saturated rings. The van der Waals surface area contributed by atoms with E-state index in [9.17, 15) is 71.4 Å². The number of aliphatic carboxylic acids is 2. The maximum absolute atomic E-state index is 14.9. The minimum atomic E-state index is -4.92. The van der Waals surface area contributed by atoms with Gasteiger partial charge in [0, 0.05) is 42.9 Å². The minimum Gasteiger partial charge on any atom is -0.481 e. The Kier molecular flexibility index (Phi) is 25.3. The van der Waals surface area contributed by atoms with Gasteiger partial charge in [0.25, 0.3) is 0 Å². The van der Waals surface area contributed by atoms with E-state index in [-0.39, 0.29) is 54.9 Å². The van der Waals surface area contributed by atoms with Crippen molar-refractivity contribution in [2.24, 2.45) is 5.73 Å². The number of fused-ring (bicyclic) bond motifs is 1. The summed E-state index contributed by atoms with van der Waals surface area (Å²) < 4.78 is 36.2. The summed E-state index contributed by atoms with van der Waals surface area (Å²) in [5.74, 6) is -11.9. The molecule has 1 unspecified atom stereocenters. The van der Waals surface area contributed by atoms with Crippen molar-refractivity contribution in [1.82, 2.24) is 52.8 Å². The van der Waals surface area contributed by atoms with Crippen LogP contribution in [0.5, 0.6) is 5.75 Å². The average molecular weight is 1230 g/mol. The lowest BCUT2D eigenvalue weighted by Gasteiger charge is -2.28. The van der Waals surface area contributed by atoms with Gasteiger partial charge in [0.1, 0.15) is 54.1 Å². The number of nitrogens with one attached hydrogen (secondary N) is 10. The van der Waals surface area contributed by atoms with Gasteiger partial charge >= 0.3 is 22.3 Å². The molecular weight excluding hydrogens is 1160 g/mol. The molecule has 4 aromatic rings. The van der Waals surface area contributed by atoms with Gasteiger partial charge in [0.15, 0.2) is 0 Å². The number of hydrogen-bond donors (Lipinski definition) is 14. The number of nitrogens with two attached hydrogens (primary N) is 1. The van der Waals surface area contributed by atoms with Gasteiger partial charge in [-0.3, -0.25) is 57.3 Å². The molecule has 1 aliphatic rings. The van der Waals surface area contributed by atoms with Crippen LogP contribution in [-0.4, -0.2) is 178 Å². The van der Waals surface area contributed by atoms with Crippen LogP contribution in [0, 0.1) is 0 Å². The molecule has 0 aliphatic carbocycles. The van der Waals surface area contributed by atoms with Crippen LogP contribution in [0.3, 0.4) is 0 Å². The molecule has 0 spiro atoms. The van der Waals surface area contributed by atoms with Crippen molar-refractivity contribution in [3.63, 3.8) is 0 Å². The maximum Gasteiger partial charge on any atom is 0.446 e. The Hall–Kier alpha value is -8.26. The molecular formula is C53H67N11O17S3. The second-order valence-electron chi connectivity index (χ2n) is 19.4. The fourth-order valence-electron chi connectivity index (χ4n) is 8.57. The Morgan fingerprint density at radius 2 is 1.25 bits per heavy atom. The quantitative estimate of drug-likeness (QED) is 0.0344. The summed E-state index contributed by atoms with van der Waals surface area (Å²) in [4.78, 5) is 155. The van der Waals surface area contributed by atoms with E-state index in [4.69, 9.17) is 10.3 Å². The molecule has 1 aliphatic heterocycles. The zero-order valence-electron chi connectivity index (χ0n) is 45.7. The molecule has 5 rings (SSSR count). The van der Waals surface area contributed by atoms with Gasteiger partial charge < -0.3 is 73.0 Å². The summed E-state index contributed by atoms with van der Waals surface area (Å²) >= 11 is 2.55. The summed E-state index contributed by atoms with van der Waals surface area (Å²) in [6.45, 7) is 0.534. The Labute approximate surface area is 490 Å². The van der Waals surface area contributed by atoms with E-state index in [0.29, 0.717) is 22.0 Å². The van der Waals surface area contributed by atoms with E-state index in [1.807, 2.05) is 0 Å². The third-order valence-corrected chi connectivity index (χ3v) is 14.6. The predicted octanol–water partition coefficient (Wildman–Crippen LogP) is -1.81. The molecule has 1 saturated heterocycles. The molecule has 31 heteroatoms. The molecule has 1 aromatic heterocycles. The highest BCUT2D eigenvalue weighted by atomic mass is 32.3. The molecule has 84 heavy (non-hydrogen) atoms. The lowest BCUT2D eigenvalue weighted by atomic mass is 10.0. The first-order valence-electron chi connectivity index (χ1n) is 26.1. The lowest BCUT2D eigenvalue weighted by molar-refractivity contribution is -0.141. The van der Waals surface area contributed by atoms with Gasteiger partial charge in [-0.05, 0) is 78.7 Å². The fourth-order valence-corrected chi connectivity index (χ4v) is 9.86. The number of carboxylic acids is 2. The first-order chi connectivity index (χ1) is 39.8. The van der Waals surface area contributed by atoms with Crippen LogP contribution in [0.15, 0.2) is 85.1 Å². The normalized spacial score (nSPS) is 20.5. The van der Waals surface area contributed by atoms with E-state index in [2.05, 4.69) is 57.0 Å². The van der Waals surface area contributed by atoms with Gasteiger partial charge in [-0.25, -0.2) is 0 Å². The number of rotatable bonds is 24. The van der Waals surface area contributed by atoms with Crippen molar-refractivity contribution < 1.29 is 80.1 Å². The summed E-state index contributed by atoms with van der Waals surface area (Å²) in [5.41, 5.74) is 7.77. The number of benzene rings is 3. The van der Waals surface area contributed by atoms with Crippen LogP contribution < -0.4 is 57.8 Å². The molecule has 2 heterocycles. The number of hydrogen-bond acceptors (Lipinski definition) is 17. The molecule has 0 radical (unpaired) electrons. The highest BCUT2D eigenvalue weighted by molar-refractivity contribution is 7.98. The summed E-state index contributed by atoms with van der Waals surface area (Å²) in [7, 11) is -4.92. The van der Waals surface area contributed by atoms with Gasteiger partial charge in [0.2, 0.25) is 53.2 Å². The van der Waals surface area contributed by atoms with Crippen LogP contribution in [-0.2, 0) is 82.4 Å². The van der Waals surface area contributed by atoms with Crippen molar-refractivity contribution in [2.75, 3.05) is 30.6 Å². The first kappa shape index (κ1) is 66.5.